The standard InChI is InChI=1S/C31H30N2O4S/c1-5-6-15-37-22-12-10-21(11-13-22)27-26(28(34)23-16-18(2)7-9-20(23)4)29(35)30(36)33(27)31-32-24-14-8-19(3)17-25(24)38-31/h7-14,16-17,27,34H,5-6,15H2,1-4H3/b28-26+. The van der Waals surface area contributed by atoms with E-state index in [0.717, 1.165) is 39.7 Å². The van der Waals surface area contributed by atoms with Gasteiger partial charge in [0, 0.05) is 5.56 Å². The van der Waals surface area contributed by atoms with Gasteiger partial charge >= 0.3 is 5.91 Å². The lowest BCUT2D eigenvalue weighted by Crippen LogP contribution is -2.29. The van der Waals surface area contributed by atoms with Crippen LogP contribution in [-0.2, 0) is 9.59 Å². The quantitative estimate of drug-likeness (QED) is 0.121. The number of aryl methyl sites for hydroxylation is 3. The largest absolute Gasteiger partial charge is 0.507 e. The van der Waals surface area contributed by atoms with Crippen LogP contribution in [0.1, 0.15) is 53.6 Å². The summed E-state index contributed by atoms with van der Waals surface area (Å²) in [6.07, 6.45) is 1.99. The highest BCUT2D eigenvalue weighted by Gasteiger charge is 2.48. The van der Waals surface area contributed by atoms with Crippen molar-refractivity contribution in [3.63, 3.8) is 0 Å². The van der Waals surface area contributed by atoms with Gasteiger partial charge in [-0.2, -0.15) is 0 Å². The molecule has 4 aromatic rings. The van der Waals surface area contributed by atoms with Crippen LogP contribution < -0.4 is 9.64 Å². The lowest BCUT2D eigenvalue weighted by Gasteiger charge is -2.23. The molecule has 194 valence electrons. The zero-order valence-electron chi connectivity index (χ0n) is 21.9. The third-order valence-corrected chi connectivity index (χ3v) is 7.81. The van der Waals surface area contributed by atoms with Gasteiger partial charge in [0.15, 0.2) is 5.13 Å². The maximum Gasteiger partial charge on any atom is 0.301 e. The van der Waals surface area contributed by atoms with Gasteiger partial charge in [-0.15, -0.1) is 0 Å². The van der Waals surface area contributed by atoms with Crippen LogP contribution in [0.3, 0.4) is 0 Å². The zero-order chi connectivity index (χ0) is 27.0. The number of benzene rings is 3. The van der Waals surface area contributed by atoms with Crippen molar-refractivity contribution in [2.75, 3.05) is 11.5 Å². The van der Waals surface area contributed by atoms with E-state index in [-0.39, 0.29) is 11.3 Å². The molecule has 3 aromatic carbocycles. The van der Waals surface area contributed by atoms with Crippen LogP contribution in [0.15, 0.2) is 66.2 Å². The molecule has 1 amide bonds. The van der Waals surface area contributed by atoms with Crippen molar-refractivity contribution in [2.24, 2.45) is 0 Å². The Morgan fingerprint density at radius 2 is 1.71 bits per heavy atom. The molecule has 1 aliphatic rings. The van der Waals surface area contributed by atoms with Gasteiger partial charge < -0.3 is 9.84 Å². The smallest absolute Gasteiger partial charge is 0.301 e. The van der Waals surface area contributed by atoms with Crippen LogP contribution in [0.25, 0.3) is 16.0 Å². The maximum atomic E-state index is 13.5. The van der Waals surface area contributed by atoms with Crippen molar-refractivity contribution in [3.8, 4) is 5.75 Å². The predicted octanol–water partition coefficient (Wildman–Crippen LogP) is 7.03. The monoisotopic (exact) mass is 526 g/mol. The zero-order valence-corrected chi connectivity index (χ0v) is 22.8. The Morgan fingerprint density at radius 1 is 1.00 bits per heavy atom. The number of ether oxygens (including phenoxy) is 1. The number of unbranched alkanes of at least 4 members (excludes halogenated alkanes) is 1. The summed E-state index contributed by atoms with van der Waals surface area (Å²) in [6, 6.07) is 18.1. The van der Waals surface area contributed by atoms with Crippen LogP contribution in [0.2, 0.25) is 0 Å². The molecule has 1 saturated heterocycles. The Balaban J connectivity index is 1.67. The first-order valence-electron chi connectivity index (χ1n) is 12.8. The molecule has 2 heterocycles. The number of Topliss-reactive ketones (excluding diaryl/α,β-unsaturated/α-hetero) is 1. The molecule has 1 aromatic heterocycles. The summed E-state index contributed by atoms with van der Waals surface area (Å²) in [5.74, 6) is -0.908. The molecule has 6 nitrogen and oxygen atoms in total. The summed E-state index contributed by atoms with van der Waals surface area (Å²) in [5, 5.41) is 11.9. The average Bonchev–Trinajstić information content (AvgIpc) is 3.43. The number of anilines is 1. The van der Waals surface area contributed by atoms with Gasteiger partial charge in [0.05, 0.1) is 28.4 Å². The number of carbonyl (C=O) groups is 2. The predicted molar refractivity (Wildman–Crippen MR) is 152 cm³/mol. The van der Waals surface area contributed by atoms with Gasteiger partial charge in [-0.1, -0.05) is 60.6 Å². The van der Waals surface area contributed by atoms with Crippen molar-refractivity contribution < 1.29 is 19.4 Å². The van der Waals surface area contributed by atoms with Gasteiger partial charge in [-0.3, -0.25) is 14.5 Å². The molecule has 0 saturated carbocycles. The van der Waals surface area contributed by atoms with E-state index >= 15 is 0 Å². The number of nitrogens with zero attached hydrogens (tertiary/aromatic N) is 2. The SMILES string of the molecule is CCCCOc1ccc(C2/C(=C(\O)c3cc(C)ccc3C)C(=O)C(=O)N2c2nc3ccc(C)cc3s2)cc1. The fourth-order valence-electron chi connectivity index (χ4n) is 4.68. The molecule has 0 aliphatic carbocycles. The van der Waals surface area contributed by atoms with Crippen LogP contribution >= 0.6 is 11.3 Å². The number of rotatable bonds is 7. The third-order valence-electron chi connectivity index (χ3n) is 6.79. The number of aliphatic hydroxyl groups is 1. The van der Waals surface area contributed by atoms with Crippen molar-refractivity contribution in [3.05, 3.63) is 94.1 Å². The van der Waals surface area contributed by atoms with Crippen LogP contribution in [-0.4, -0.2) is 28.4 Å². The number of thiazole rings is 1. The normalized spacial score (nSPS) is 16.9. The first kappa shape index (κ1) is 25.7. The third kappa shape index (κ3) is 4.70. The minimum Gasteiger partial charge on any atom is -0.507 e. The van der Waals surface area contributed by atoms with Crippen molar-refractivity contribution in [1.82, 2.24) is 4.98 Å². The van der Waals surface area contributed by atoms with Crippen LogP contribution in [0, 0.1) is 20.8 Å². The van der Waals surface area contributed by atoms with Crippen LogP contribution in [0.5, 0.6) is 5.75 Å². The lowest BCUT2D eigenvalue weighted by atomic mass is 9.93. The first-order valence-corrected chi connectivity index (χ1v) is 13.6. The fourth-order valence-corrected chi connectivity index (χ4v) is 5.78. The Bertz CT molecular complexity index is 1570. The average molecular weight is 527 g/mol. The molecule has 1 fully saturated rings. The van der Waals surface area contributed by atoms with Gasteiger partial charge in [-0.25, -0.2) is 4.98 Å². The highest BCUT2D eigenvalue weighted by atomic mass is 32.1. The minimum absolute atomic E-state index is 0.0544. The molecular formula is C31H30N2O4S. The van der Waals surface area contributed by atoms with Crippen molar-refractivity contribution >= 4 is 44.1 Å². The van der Waals surface area contributed by atoms with Crippen LogP contribution in [0.4, 0.5) is 5.13 Å². The summed E-state index contributed by atoms with van der Waals surface area (Å²) in [6.45, 7) is 8.52. The molecule has 7 heteroatoms. The number of fused-ring (bicyclic) bond motifs is 1. The summed E-state index contributed by atoms with van der Waals surface area (Å²) < 4.78 is 6.75. The molecule has 1 unspecified atom stereocenters. The second kappa shape index (κ2) is 10.4. The molecule has 0 bridgehead atoms. The summed E-state index contributed by atoms with van der Waals surface area (Å²) in [4.78, 5) is 33.2. The minimum atomic E-state index is -0.832. The summed E-state index contributed by atoms with van der Waals surface area (Å²) in [7, 11) is 0. The number of ketones is 1. The Labute approximate surface area is 226 Å². The van der Waals surface area contributed by atoms with E-state index in [4.69, 9.17) is 9.72 Å². The van der Waals surface area contributed by atoms with E-state index in [0.29, 0.717) is 28.6 Å². The Hall–Kier alpha value is -3.97. The van der Waals surface area contributed by atoms with E-state index in [9.17, 15) is 14.7 Å². The summed E-state index contributed by atoms with van der Waals surface area (Å²) in [5.41, 5.74) is 4.87. The number of hydrogen-bond acceptors (Lipinski definition) is 6. The fraction of sp³-hybridized carbons (Fsp3) is 0.258. The highest BCUT2D eigenvalue weighted by molar-refractivity contribution is 7.22. The Kier molecular flexibility index (Phi) is 7.04. The number of carbonyl (C=O) groups excluding carboxylic acids is 2. The summed E-state index contributed by atoms with van der Waals surface area (Å²) >= 11 is 1.36. The second-order valence-electron chi connectivity index (χ2n) is 9.73. The number of aliphatic hydroxyl groups excluding tert-OH is 1. The van der Waals surface area contributed by atoms with Gasteiger partial charge in [0.1, 0.15) is 11.5 Å². The molecule has 1 N–H and O–H groups in total. The molecule has 0 radical (unpaired) electrons. The van der Waals surface area contributed by atoms with E-state index in [1.54, 1.807) is 0 Å². The van der Waals surface area contributed by atoms with Crippen molar-refractivity contribution in [1.29, 1.82) is 0 Å². The van der Waals surface area contributed by atoms with E-state index in [1.807, 2.05) is 81.4 Å². The molecule has 1 aliphatic heterocycles. The van der Waals surface area contributed by atoms with Gasteiger partial charge in [0.25, 0.3) is 5.78 Å². The van der Waals surface area contributed by atoms with Crippen molar-refractivity contribution in [2.45, 2.75) is 46.6 Å². The number of amides is 1. The molecule has 1 atom stereocenters. The van der Waals surface area contributed by atoms with E-state index < -0.39 is 17.7 Å². The molecule has 38 heavy (non-hydrogen) atoms. The first-order chi connectivity index (χ1) is 18.3. The Morgan fingerprint density at radius 3 is 2.45 bits per heavy atom. The molecular weight excluding hydrogens is 496 g/mol. The van der Waals surface area contributed by atoms with Gasteiger partial charge in [0.2, 0.25) is 0 Å². The van der Waals surface area contributed by atoms with E-state index in [1.165, 1.54) is 16.2 Å². The second-order valence-corrected chi connectivity index (χ2v) is 10.7. The number of hydrogen-bond donors (Lipinski definition) is 1. The molecule has 0 spiro atoms. The lowest BCUT2D eigenvalue weighted by molar-refractivity contribution is -0.132. The molecule has 5 rings (SSSR count). The van der Waals surface area contributed by atoms with Gasteiger partial charge in [-0.05, 0) is 74.2 Å². The maximum absolute atomic E-state index is 13.5. The highest BCUT2D eigenvalue weighted by Crippen LogP contribution is 2.45. The number of aromatic nitrogens is 1. The topological polar surface area (TPSA) is 79.7 Å². The van der Waals surface area contributed by atoms with E-state index in [2.05, 4.69) is 6.92 Å².